The fourth-order valence-electron chi connectivity index (χ4n) is 1.66. The number of nitrogens with one attached hydrogen (secondary N) is 1. The molecule has 0 saturated heterocycles. The molecule has 116 valence electrons. The second-order valence-corrected chi connectivity index (χ2v) is 4.79. The number of esters is 1. The number of hydrogen-bond acceptors (Lipinski definition) is 3. The smallest absolute Gasteiger partial charge is 0.416 e. The molecule has 0 spiro atoms. The van der Waals surface area contributed by atoms with E-state index in [9.17, 15) is 22.8 Å². The van der Waals surface area contributed by atoms with E-state index in [-0.39, 0.29) is 11.5 Å². The summed E-state index contributed by atoms with van der Waals surface area (Å²) >= 11 is 0. The molecular formula is C14H16F3NO3. The van der Waals surface area contributed by atoms with E-state index in [4.69, 9.17) is 0 Å². The zero-order valence-electron chi connectivity index (χ0n) is 11.8. The summed E-state index contributed by atoms with van der Waals surface area (Å²) in [7, 11) is 1.20. The van der Waals surface area contributed by atoms with Crippen LogP contribution in [0, 0.1) is 5.92 Å². The molecule has 1 aromatic carbocycles. The first kappa shape index (κ1) is 17.0. The largest absolute Gasteiger partial charge is 0.467 e. The van der Waals surface area contributed by atoms with E-state index < -0.39 is 29.7 Å². The maximum Gasteiger partial charge on any atom is 0.416 e. The number of hydrogen-bond donors (Lipinski definition) is 1. The fraction of sp³-hybridized carbons (Fsp3) is 0.429. The van der Waals surface area contributed by atoms with Gasteiger partial charge in [-0.25, -0.2) is 4.79 Å². The molecule has 1 rings (SSSR count). The van der Waals surface area contributed by atoms with E-state index in [1.165, 1.54) is 7.11 Å². The van der Waals surface area contributed by atoms with Gasteiger partial charge in [-0.3, -0.25) is 4.79 Å². The molecule has 0 aliphatic carbocycles. The van der Waals surface area contributed by atoms with Gasteiger partial charge in [-0.05, 0) is 30.2 Å². The molecule has 1 amide bonds. The summed E-state index contributed by atoms with van der Waals surface area (Å²) in [6, 6.07) is 2.90. The number of carbonyl (C=O) groups excluding carboxylic acids is 2. The highest BCUT2D eigenvalue weighted by Gasteiger charge is 2.30. The summed E-state index contributed by atoms with van der Waals surface area (Å²) in [4.78, 5) is 23.5. The van der Waals surface area contributed by atoms with Crippen LogP contribution in [-0.4, -0.2) is 25.0 Å². The van der Waals surface area contributed by atoms with E-state index in [0.717, 1.165) is 24.3 Å². The summed E-state index contributed by atoms with van der Waals surface area (Å²) in [5.74, 6) is -1.45. The van der Waals surface area contributed by atoms with Gasteiger partial charge >= 0.3 is 12.1 Å². The number of methoxy groups -OCH3 is 1. The maximum atomic E-state index is 12.4. The SMILES string of the molecule is COC(=O)[C@@H](NC(=O)c1ccc(C(F)(F)F)cc1)C(C)C. The predicted molar refractivity (Wildman–Crippen MR) is 69.6 cm³/mol. The van der Waals surface area contributed by atoms with Crippen LogP contribution in [0.2, 0.25) is 0 Å². The predicted octanol–water partition coefficient (Wildman–Crippen LogP) is 2.63. The fourth-order valence-corrected chi connectivity index (χ4v) is 1.66. The van der Waals surface area contributed by atoms with Gasteiger partial charge < -0.3 is 10.1 Å². The molecule has 0 unspecified atom stereocenters. The van der Waals surface area contributed by atoms with E-state index >= 15 is 0 Å². The van der Waals surface area contributed by atoms with Gasteiger partial charge in [-0.2, -0.15) is 13.2 Å². The molecule has 0 heterocycles. The Morgan fingerprint density at radius 2 is 1.67 bits per heavy atom. The lowest BCUT2D eigenvalue weighted by atomic mass is 10.0. The first-order valence-electron chi connectivity index (χ1n) is 6.22. The second kappa shape index (κ2) is 6.60. The average Bonchev–Trinajstić information content (AvgIpc) is 2.42. The van der Waals surface area contributed by atoms with Gasteiger partial charge in [0, 0.05) is 5.56 Å². The normalized spacial score (nSPS) is 12.9. The van der Waals surface area contributed by atoms with Crippen molar-refractivity contribution in [3.8, 4) is 0 Å². The van der Waals surface area contributed by atoms with Crippen molar-refractivity contribution in [1.29, 1.82) is 0 Å². The number of carbonyl (C=O) groups is 2. The summed E-state index contributed by atoms with van der Waals surface area (Å²) in [6.45, 7) is 3.43. The van der Waals surface area contributed by atoms with Crippen molar-refractivity contribution in [3.05, 3.63) is 35.4 Å². The second-order valence-electron chi connectivity index (χ2n) is 4.79. The van der Waals surface area contributed by atoms with E-state index in [0.29, 0.717) is 0 Å². The van der Waals surface area contributed by atoms with Crippen molar-refractivity contribution in [3.63, 3.8) is 0 Å². The zero-order valence-corrected chi connectivity index (χ0v) is 11.8. The molecule has 0 aromatic heterocycles. The van der Waals surface area contributed by atoms with Crippen molar-refractivity contribution in [2.75, 3.05) is 7.11 Å². The quantitative estimate of drug-likeness (QED) is 0.870. The Bertz CT molecular complexity index is 509. The molecule has 21 heavy (non-hydrogen) atoms. The number of rotatable bonds is 4. The van der Waals surface area contributed by atoms with Crippen molar-refractivity contribution in [2.24, 2.45) is 5.92 Å². The van der Waals surface area contributed by atoms with Crippen LogP contribution >= 0.6 is 0 Å². The summed E-state index contributed by atoms with van der Waals surface area (Å²) in [5, 5.41) is 2.45. The minimum atomic E-state index is -4.46. The number of alkyl halides is 3. The topological polar surface area (TPSA) is 55.4 Å². The van der Waals surface area contributed by atoms with Crippen molar-refractivity contribution >= 4 is 11.9 Å². The Kier molecular flexibility index (Phi) is 5.34. The van der Waals surface area contributed by atoms with Crippen molar-refractivity contribution in [1.82, 2.24) is 5.32 Å². The molecule has 1 aromatic rings. The lowest BCUT2D eigenvalue weighted by molar-refractivity contribution is -0.144. The average molecular weight is 303 g/mol. The van der Waals surface area contributed by atoms with E-state index in [1.54, 1.807) is 13.8 Å². The third-order valence-corrected chi connectivity index (χ3v) is 2.88. The Hall–Kier alpha value is -2.05. The molecule has 0 aliphatic rings. The summed E-state index contributed by atoms with van der Waals surface area (Å²) in [6.07, 6.45) is -4.46. The van der Waals surface area contributed by atoms with Crippen molar-refractivity contribution < 1.29 is 27.5 Å². The van der Waals surface area contributed by atoms with Crippen LogP contribution < -0.4 is 5.32 Å². The minimum Gasteiger partial charge on any atom is -0.467 e. The highest BCUT2D eigenvalue weighted by atomic mass is 19.4. The van der Waals surface area contributed by atoms with Crippen LogP contribution in [-0.2, 0) is 15.7 Å². The Morgan fingerprint density at radius 3 is 2.05 bits per heavy atom. The molecule has 0 aliphatic heterocycles. The maximum absolute atomic E-state index is 12.4. The molecule has 0 fully saturated rings. The number of ether oxygens (including phenoxy) is 1. The molecule has 1 atom stereocenters. The molecular weight excluding hydrogens is 287 g/mol. The number of halogens is 3. The van der Waals surface area contributed by atoms with E-state index in [1.807, 2.05) is 0 Å². The standard InChI is InChI=1S/C14H16F3NO3/c1-8(2)11(13(20)21-3)18-12(19)9-4-6-10(7-5-9)14(15,16)17/h4-8,11H,1-3H3,(H,18,19)/t11-/m0/s1. The monoisotopic (exact) mass is 303 g/mol. The van der Waals surface area contributed by atoms with Crippen LogP contribution in [0.5, 0.6) is 0 Å². The van der Waals surface area contributed by atoms with Gasteiger partial charge in [0.05, 0.1) is 12.7 Å². The molecule has 0 bridgehead atoms. The van der Waals surface area contributed by atoms with Gasteiger partial charge in [-0.15, -0.1) is 0 Å². The molecule has 0 radical (unpaired) electrons. The van der Waals surface area contributed by atoms with Crippen LogP contribution in [0.15, 0.2) is 24.3 Å². The minimum absolute atomic E-state index is 0.0394. The molecule has 1 N–H and O–H groups in total. The highest BCUT2D eigenvalue weighted by molar-refractivity contribution is 5.96. The molecule has 4 nitrogen and oxygen atoms in total. The van der Waals surface area contributed by atoms with Crippen LogP contribution in [0.3, 0.4) is 0 Å². The Morgan fingerprint density at radius 1 is 1.14 bits per heavy atom. The highest BCUT2D eigenvalue weighted by Crippen LogP contribution is 2.29. The number of benzene rings is 1. The van der Waals surface area contributed by atoms with Gasteiger partial charge in [0.25, 0.3) is 5.91 Å². The molecule has 7 heteroatoms. The molecule has 0 saturated carbocycles. The van der Waals surface area contributed by atoms with Gasteiger partial charge in [0.15, 0.2) is 0 Å². The first-order valence-corrected chi connectivity index (χ1v) is 6.22. The lowest BCUT2D eigenvalue weighted by Crippen LogP contribution is -2.45. The summed E-state index contributed by atoms with van der Waals surface area (Å²) in [5.41, 5.74) is -0.801. The lowest BCUT2D eigenvalue weighted by Gasteiger charge is -2.19. The van der Waals surface area contributed by atoms with Gasteiger partial charge in [-0.1, -0.05) is 13.8 Å². The number of amides is 1. The Balaban J connectivity index is 2.86. The van der Waals surface area contributed by atoms with Gasteiger partial charge in [0.1, 0.15) is 6.04 Å². The van der Waals surface area contributed by atoms with E-state index in [2.05, 4.69) is 10.1 Å². The van der Waals surface area contributed by atoms with Crippen molar-refractivity contribution in [2.45, 2.75) is 26.1 Å². The first-order chi connectivity index (χ1) is 9.66. The van der Waals surface area contributed by atoms with Gasteiger partial charge in [0.2, 0.25) is 0 Å². The summed E-state index contributed by atoms with van der Waals surface area (Å²) < 4.78 is 41.9. The van der Waals surface area contributed by atoms with Crippen LogP contribution in [0.1, 0.15) is 29.8 Å². The Labute approximate surface area is 120 Å². The van der Waals surface area contributed by atoms with Crippen LogP contribution in [0.25, 0.3) is 0 Å². The third-order valence-electron chi connectivity index (χ3n) is 2.88. The third kappa shape index (κ3) is 4.47. The van der Waals surface area contributed by atoms with Crippen LogP contribution in [0.4, 0.5) is 13.2 Å². The zero-order chi connectivity index (χ0) is 16.2.